The number of carbonyl (C=O) groups excluding carboxylic acids is 1. The van der Waals surface area contributed by atoms with E-state index in [1.807, 2.05) is 0 Å². The van der Waals surface area contributed by atoms with Crippen molar-refractivity contribution in [2.75, 3.05) is 5.32 Å². The third-order valence-corrected chi connectivity index (χ3v) is 3.23. The van der Waals surface area contributed by atoms with Crippen molar-refractivity contribution in [3.8, 4) is 0 Å². The van der Waals surface area contributed by atoms with Crippen LogP contribution in [0, 0.1) is 12.7 Å². The molecule has 0 unspecified atom stereocenters. The largest absolute Gasteiger partial charge is 0.478 e. The normalized spacial score (nSPS) is 10.2. The van der Waals surface area contributed by atoms with Crippen LogP contribution in [-0.4, -0.2) is 17.0 Å². The molecule has 0 spiro atoms. The fourth-order valence-electron chi connectivity index (χ4n) is 1.84. The number of benzene rings is 2. The highest BCUT2D eigenvalue weighted by molar-refractivity contribution is 6.34. The Hall–Kier alpha value is -2.40. The minimum Gasteiger partial charge on any atom is -0.478 e. The van der Waals surface area contributed by atoms with Gasteiger partial charge in [0.25, 0.3) is 5.91 Å². The highest BCUT2D eigenvalue weighted by Gasteiger charge is 2.16. The van der Waals surface area contributed by atoms with E-state index in [1.165, 1.54) is 24.3 Å². The Morgan fingerprint density at radius 1 is 1.24 bits per heavy atom. The average molecular weight is 308 g/mol. The predicted octanol–water partition coefficient (Wildman–Crippen LogP) is 3.74. The summed E-state index contributed by atoms with van der Waals surface area (Å²) in [6.45, 7) is 1.64. The zero-order chi connectivity index (χ0) is 15.6. The van der Waals surface area contributed by atoms with Crippen molar-refractivity contribution in [3.05, 3.63) is 63.9 Å². The van der Waals surface area contributed by atoms with E-state index in [1.54, 1.807) is 13.0 Å². The third kappa shape index (κ3) is 3.20. The summed E-state index contributed by atoms with van der Waals surface area (Å²) in [5.74, 6) is -2.59. The standard InChI is InChI=1S/C15H11ClFNO3/c1-8-5-6-9(7-10(8)15(20)21)18-14(19)13-11(16)3-2-4-12(13)17/h2-7H,1H3,(H,18,19)(H,20,21). The summed E-state index contributed by atoms with van der Waals surface area (Å²) in [6, 6.07) is 8.32. The minimum absolute atomic E-state index is 0.0157. The van der Waals surface area contributed by atoms with Crippen LogP contribution in [0.1, 0.15) is 26.3 Å². The number of nitrogens with one attached hydrogen (secondary N) is 1. The van der Waals surface area contributed by atoms with Crippen LogP contribution in [0.4, 0.5) is 10.1 Å². The van der Waals surface area contributed by atoms with Gasteiger partial charge in [0, 0.05) is 5.69 Å². The molecule has 0 saturated heterocycles. The lowest BCUT2D eigenvalue weighted by Gasteiger charge is -2.09. The molecule has 0 saturated carbocycles. The molecule has 0 aliphatic rings. The molecule has 0 heterocycles. The van der Waals surface area contributed by atoms with Crippen LogP contribution >= 0.6 is 11.6 Å². The van der Waals surface area contributed by atoms with Crippen molar-refractivity contribution >= 4 is 29.2 Å². The Kier molecular flexibility index (Phi) is 4.23. The van der Waals surface area contributed by atoms with Crippen LogP contribution < -0.4 is 5.32 Å². The molecule has 108 valence electrons. The SMILES string of the molecule is Cc1ccc(NC(=O)c2c(F)cccc2Cl)cc1C(=O)O. The molecule has 1 amide bonds. The quantitative estimate of drug-likeness (QED) is 0.907. The molecule has 0 bridgehead atoms. The molecule has 0 atom stereocenters. The maximum Gasteiger partial charge on any atom is 0.336 e. The molecule has 0 aliphatic carbocycles. The number of hydrogen-bond acceptors (Lipinski definition) is 2. The van der Waals surface area contributed by atoms with Crippen molar-refractivity contribution in [1.82, 2.24) is 0 Å². The Morgan fingerprint density at radius 2 is 1.95 bits per heavy atom. The van der Waals surface area contributed by atoms with E-state index >= 15 is 0 Å². The summed E-state index contributed by atoms with van der Waals surface area (Å²) in [5, 5.41) is 11.5. The minimum atomic E-state index is -1.10. The van der Waals surface area contributed by atoms with Crippen molar-refractivity contribution < 1.29 is 19.1 Å². The van der Waals surface area contributed by atoms with Gasteiger partial charge in [-0.25, -0.2) is 9.18 Å². The Morgan fingerprint density at radius 3 is 2.57 bits per heavy atom. The second-order valence-corrected chi connectivity index (χ2v) is 4.79. The molecule has 2 aromatic rings. The van der Waals surface area contributed by atoms with Gasteiger partial charge < -0.3 is 10.4 Å². The molecule has 0 fully saturated rings. The molecule has 2 aromatic carbocycles. The Labute approximate surface area is 125 Å². The molecule has 4 nitrogen and oxygen atoms in total. The van der Waals surface area contributed by atoms with Crippen molar-refractivity contribution in [2.24, 2.45) is 0 Å². The fourth-order valence-corrected chi connectivity index (χ4v) is 2.09. The summed E-state index contributed by atoms with van der Waals surface area (Å²) in [5.41, 5.74) is 0.593. The number of aryl methyl sites for hydroxylation is 1. The van der Waals surface area contributed by atoms with Gasteiger partial charge in [0.05, 0.1) is 16.1 Å². The first-order chi connectivity index (χ1) is 9.90. The van der Waals surface area contributed by atoms with Crippen LogP contribution in [-0.2, 0) is 0 Å². The topological polar surface area (TPSA) is 66.4 Å². The Bertz CT molecular complexity index is 711. The number of rotatable bonds is 3. The lowest BCUT2D eigenvalue weighted by Crippen LogP contribution is -2.15. The summed E-state index contributed by atoms with van der Waals surface area (Å²) in [6.07, 6.45) is 0. The molecule has 2 N–H and O–H groups in total. The second kappa shape index (κ2) is 5.93. The van der Waals surface area contributed by atoms with Gasteiger partial charge >= 0.3 is 5.97 Å². The highest BCUT2D eigenvalue weighted by Crippen LogP contribution is 2.21. The molecule has 2 rings (SSSR count). The van der Waals surface area contributed by atoms with E-state index in [0.717, 1.165) is 6.07 Å². The Balaban J connectivity index is 2.32. The van der Waals surface area contributed by atoms with Gasteiger partial charge in [-0.05, 0) is 36.8 Å². The molecule has 0 aromatic heterocycles. The summed E-state index contributed by atoms with van der Waals surface area (Å²) >= 11 is 5.80. The van der Waals surface area contributed by atoms with Crippen LogP contribution in [0.3, 0.4) is 0 Å². The highest BCUT2D eigenvalue weighted by atomic mass is 35.5. The van der Waals surface area contributed by atoms with Gasteiger partial charge in [-0.15, -0.1) is 0 Å². The van der Waals surface area contributed by atoms with Crippen molar-refractivity contribution in [3.63, 3.8) is 0 Å². The first-order valence-corrected chi connectivity index (χ1v) is 6.37. The van der Waals surface area contributed by atoms with E-state index < -0.39 is 17.7 Å². The smallest absolute Gasteiger partial charge is 0.336 e. The zero-order valence-electron chi connectivity index (χ0n) is 11.0. The van der Waals surface area contributed by atoms with Gasteiger partial charge in [0.15, 0.2) is 0 Å². The van der Waals surface area contributed by atoms with Gasteiger partial charge in [-0.2, -0.15) is 0 Å². The van der Waals surface area contributed by atoms with E-state index in [9.17, 15) is 14.0 Å². The van der Waals surface area contributed by atoms with Gasteiger partial charge in [0.2, 0.25) is 0 Å². The van der Waals surface area contributed by atoms with Gasteiger partial charge in [0.1, 0.15) is 5.82 Å². The molecular weight excluding hydrogens is 297 g/mol. The molecule has 21 heavy (non-hydrogen) atoms. The maximum atomic E-state index is 13.6. The summed E-state index contributed by atoms with van der Waals surface area (Å²) < 4.78 is 13.6. The summed E-state index contributed by atoms with van der Waals surface area (Å²) in [7, 11) is 0. The third-order valence-electron chi connectivity index (χ3n) is 2.92. The number of anilines is 1. The van der Waals surface area contributed by atoms with Crippen LogP contribution in [0.2, 0.25) is 5.02 Å². The fraction of sp³-hybridized carbons (Fsp3) is 0.0667. The maximum absolute atomic E-state index is 13.6. The summed E-state index contributed by atoms with van der Waals surface area (Å²) in [4.78, 5) is 23.1. The first kappa shape index (κ1) is 15.0. The number of carbonyl (C=O) groups is 2. The van der Waals surface area contributed by atoms with E-state index in [4.69, 9.17) is 16.7 Å². The zero-order valence-corrected chi connectivity index (χ0v) is 11.7. The molecule has 0 aliphatic heterocycles. The number of halogens is 2. The molecular formula is C15H11ClFNO3. The number of carboxylic acid groups (broad SMARTS) is 1. The first-order valence-electron chi connectivity index (χ1n) is 5.99. The number of amides is 1. The van der Waals surface area contributed by atoms with Crippen molar-refractivity contribution in [2.45, 2.75) is 6.92 Å². The monoisotopic (exact) mass is 307 g/mol. The lowest BCUT2D eigenvalue weighted by atomic mass is 10.1. The number of carboxylic acids is 1. The number of aromatic carboxylic acids is 1. The van der Waals surface area contributed by atoms with E-state index in [2.05, 4.69) is 5.32 Å². The van der Waals surface area contributed by atoms with Gasteiger partial charge in [-0.1, -0.05) is 23.7 Å². The van der Waals surface area contributed by atoms with E-state index in [0.29, 0.717) is 5.56 Å². The molecule has 6 heteroatoms. The van der Waals surface area contributed by atoms with Crippen LogP contribution in [0.25, 0.3) is 0 Å². The van der Waals surface area contributed by atoms with Gasteiger partial charge in [-0.3, -0.25) is 4.79 Å². The predicted molar refractivity (Wildman–Crippen MR) is 77.5 cm³/mol. The van der Waals surface area contributed by atoms with Crippen LogP contribution in [0.5, 0.6) is 0 Å². The average Bonchev–Trinajstić information content (AvgIpc) is 2.40. The van der Waals surface area contributed by atoms with Crippen molar-refractivity contribution in [1.29, 1.82) is 0 Å². The number of hydrogen-bond donors (Lipinski definition) is 2. The lowest BCUT2D eigenvalue weighted by molar-refractivity contribution is 0.0695. The second-order valence-electron chi connectivity index (χ2n) is 4.39. The van der Waals surface area contributed by atoms with Crippen LogP contribution in [0.15, 0.2) is 36.4 Å². The van der Waals surface area contributed by atoms with E-state index in [-0.39, 0.29) is 21.8 Å². The molecule has 0 radical (unpaired) electrons.